The largest absolute Gasteiger partial charge is 0.488 e. The third kappa shape index (κ3) is 6.23. The quantitative estimate of drug-likeness (QED) is 0.477. The van der Waals surface area contributed by atoms with E-state index in [1.807, 2.05) is 18.2 Å². The van der Waals surface area contributed by atoms with E-state index in [0.29, 0.717) is 36.3 Å². The number of halogens is 1. The molecule has 8 heteroatoms. The standard InChI is InChI=1S/C24H27ClN4O3/c25-22-8-4-5-9-23(22)31-18-21(17-29-26-13-14-27-29)32-24(30)28-15-12-20(16-28)11-10-19-6-2-1-3-7-19/h1-9,13-14,20-21H,10-12,15-18H2. The Morgan fingerprint density at radius 3 is 2.62 bits per heavy atom. The van der Waals surface area contributed by atoms with Crippen molar-refractivity contribution in [2.45, 2.75) is 31.9 Å². The second kappa shape index (κ2) is 11.0. The highest BCUT2D eigenvalue weighted by Gasteiger charge is 2.29. The molecule has 168 valence electrons. The fourth-order valence-electron chi connectivity index (χ4n) is 3.85. The number of likely N-dealkylation sites (tertiary alicyclic amines) is 1. The minimum Gasteiger partial charge on any atom is -0.488 e. The zero-order valence-electron chi connectivity index (χ0n) is 17.8. The lowest BCUT2D eigenvalue weighted by Crippen LogP contribution is -2.37. The first-order valence-corrected chi connectivity index (χ1v) is 11.3. The summed E-state index contributed by atoms with van der Waals surface area (Å²) < 4.78 is 11.6. The Hall–Kier alpha value is -3.06. The highest BCUT2D eigenvalue weighted by molar-refractivity contribution is 6.32. The monoisotopic (exact) mass is 454 g/mol. The van der Waals surface area contributed by atoms with Crippen molar-refractivity contribution < 1.29 is 14.3 Å². The van der Waals surface area contributed by atoms with Crippen molar-refractivity contribution >= 4 is 17.7 Å². The Labute approximate surface area is 192 Å². The van der Waals surface area contributed by atoms with Crippen LogP contribution in [0, 0.1) is 5.92 Å². The van der Waals surface area contributed by atoms with E-state index in [1.165, 1.54) is 10.4 Å². The van der Waals surface area contributed by atoms with Crippen molar-refractivity contribution in [2.75, 3.05) is 19.7 Å². The summed E-state index contributed by atoms with van der Waals surface area (Å²) in [6.07, 6.45) is 5.37. The molecule has 1 amide bonds. The van der Waals surface area contributed by atoms with E-state index in [-0.39, 0.29) is 12.7 Å². The van der Waals surface area contributed by atoms with Crippen LogP contribution < -0.4 is 4.74 Å². The summed E-state index contributed by atoms with van der Waals surface area (Å²) in [4.78, 5) is 16.1. The zero-order valence-corrected chi connectivity index (χ0v) is 18.6. The number of rotatable bonds is 9. The summed E-state index contributed by atoms with van der Waals surface area (Å²) >= 11 is 6.18. The molecule has 32 heavy (non-hydrogen) atoms. The summed E-state index contributed by atoms with van der Waals surface area (Å²) in [7, 11) is 0. The third-order valence-corrected chi connectivity index (χ3v) is 5.90. The molecule has 2 unspecified atom stereocenters. The second-order valence-corrected chi connectivity index (χ2v) is 8.36. The maximum atomic E-state index is 12.9. The number of carbonyl (C=O) groups excluding carboxylic acids is 1. The van der Waals surface area contributed by atoms with Crippen LogP contribution in [0.5, 0.6) is 5.75 Å². The number of aryl methyl sites for hydroxylation is 1. The lowest BCUT2D eigenvalue weighted by Gasteiger charge is -2.22. The second-order valence-electron chi connectivity index (χ2n) is 7.96. The van der Waals surface area contributed by atoms with Crippen molar-refractivity contribution in [1.29, 1.82) is 0 Å². The SMILES string of the molecule is O=C(OC(COc1ccccc1Cl)Cn1nccn1)N1CCC(CCc2ccccc2)C1. The predicted octanol–water partition coefficient (Wildman–Crippen LogP) is 4.47. The van der Waals surface area contributed by atoms with Crippen molar-refractivity contribution in [1.82, 2.24) is 19.9 Å². The number of hydrogen-bond donors (Lipinski definition) is 0. The Bertz CT molecular complexity index is 984. The molecule has 0 saturated carbocycles. The maximum Gasteiger partial charge on any atom is 0.410 e. The Morgan fingerprint density at radius 2 is 1.84 bits per heavy atom. The molecule has 0 bridgehead atoms. The minimum absolute atomic E-state index is 0.155. The first-order chi connectivity index (χ1) is 15.7. The minimum atomic E-state index is -0.547. The first-order valence-electron chi connectivity index (χ1n) is 10.9. The van der Waals surface area contributed by atoms with Gasteiger partial charge in [-0.25, -0.2) is 4.79 Å². The van der Waals surface area contributed by atoms with Gasteiger partial charge in [0.05, 0.1) is 17.4 Å². The van der Waals surface area contributed by atoms with Gasteiger partial charge in [-0.05, 0) is 42.9 Å². The van der Waals surface area contributed by atoms with Crippen LogP contribution in [0.25, 0.3) is 0 Å². The fraction of sp³-hybridized carbons (Fsp3) is 0.375. The summed E-state index contributed by atoms with van der Waals surface area (Å²) in [6, 6.07) is 17.7. The number of benzene rings is 2. The molecule has 7 nitrogen and oxygen atoms in total. The molecule has 4 rings (SSSR count). The molecule has 2 aromatic carbocycles. The van der Waals surface area contributed by atoms with Gasteiger partial charge in [0.2, 0.25) is 0 Å². The van der Waals surface area contributed by atoms with Gasteiger partial charge in [-0.15, -0.1) is 0 Å². The van der Waals surface area contributed by atoms with Crippen LogP contribution in [0.3, 0.4) is 0 Å². The first kappa shape index (κ1) is 22.1. The summed E-state index contributed by atoms with van der Waals surface area (Å²) in [5, 5.41) is 8.75. The van der Waals surface area contributed by atoms with E-state index in [2.05, 4.69) is 34.5 Å². The number of amides is 1. The van der Waals surface area contributed by atoms with Gasteiger partial charge in [-0.3, -0.25) is 0 Å². The lowest BCUT2D eigenvalue weighted by atomic mass is 9.99. The van der Waals surface area contributed by atoms with E-state index in [0.717, 1.165) is 19.3 Å². The number of nitrogens with zero attached hydrogens (tertiary/aromatic N) is 4. The van der Waals surface area contributed by atoms with Crippen LogP contribution in [0.2, 0.25) is 5.02 Å². The van der Waals surface area contributed by atoms with Crippen LogP contribution in [0.1, 0.15) is 18.4 Å². The third-order valence-electron chi connectivity index (χ3n) is 5.59. The normalized spacial score (nSPS) is 16.7. The van der Waals surface area contributed by atoms with Crippen LogP contribution in [0.15, 0.2) is 67.0 Å². The summed E-state index contributed by atoms with van der Waals surface area (Å²) in [5.74, 6) is 1.03. The Kier molecular flexibility index (Phi) is 7.61. The molecule has 1 aliphatic heterocycles. The molecule has 0 radical (unpaired) electrons. The molecular weight excluding hydrogens is 428 g/mol. The Morgan fingerprint density at radius 1 is 1.09 bits per heavy atom. The number of aromatic nitrogens is 3. The van der Waals surface area contributed by atoms with Gasteiger partial charge >= 0.3 is 6.09 Å². The average molecular weight is 455 g/mol. The number of carbonyl (C=O) groups is 1. The van der Waals surface area contributed by atoms with Crippen LogP contribution >= 0.6 is 11.6 Å². The number of ether oxygens (including phenoxy) is 2. The molecule has 1 aliphatic rings. The molecule has 1 aromatic heterocycles. The van der Waals surface area contributed by atoms with Gasteiger partial charge in [0.15, 0.2) is 6.10 Å². The molecule has 2 atom stereocenters. The van der Waals surface area contributed by atoms with E-state index in [9.17, 15) is 4.79 Å². The van der Waals surface area contributed by atoms with E-state index >= 15 is 0 Å². The van der Waals surface area contributed by atoms with Crippen molar-refractivity contribution in [2.24, 2.45) is 5.92 Å². The molecule has 0 N–H and O–H groups in total. The molecular formula is C24H27ClN4O3. The molecule has 3 aromatic rings. The van der Waals surface area contributed by atoms with Gasteiger partial charge in [-0.2, -0.15) is 15.0 Å². The predicted molar refractivity (Wildman–Crippen MR) is 122 cm³/mol. The number of para-hydroxylation sites is 1. The van der Waals surface area contributed by atoms with Crippen LogP contribution in [0.4, 0.5) is 4.79 Å². The highest BCUT2D eigenvalue weighted by Crippen LogP contribution is 2.25. The van der Waals surface area contributed by atoms with Crippen molar-refractivity contribution in [3.63, 3.8) is 0 Å². The topological polar surface area (TPSA) is 69.5 Å². The molecule has 0 spiro atoms. The van der Waals surface area contributed by atoms with Crippen molar-refractivity contribution in [3.05, 3.63) is 77.6 Å². The van der Waals surface area contributed by atoms with E-state index < -0.39 is 6.10 Å². The molecule has 0 aliphatic carbocycles. The Balaban J connectivity index is 1.30. The molecule has 1 saturated heterocycles. The average Bonchev–Trinajstić information content (AvgIpc) is 3.50. The van der Waals surface area contributed by atoms with Crippen molar-refractivity contribution in [3.8, 4) is 5.75 Å². The molecule has 2 heterocycles. The smallest absolute Gasteiger partial charge is 0.410 e. The molecule has 1 fully saturated rings. The summed E-state index contributed by atoms with van der Waals surface area (Å²) in [5.41, 5.74) is 1.33. The van der Waals surface area contributed by atoms with Gasteiger partial charge < -0.3 is 14.4 Å². The lowest BCUT2D eigenvalue weighted by molar-refractivity contribution is 0.0306. The van der Waals surface area contributed by atoms with E-state index in [4.69, 9.17) is 21.1 Å². The maximum absolute atomic E-state index is 12.9. The van der Waals surface area contributed by atoms with Gasteiger partial charge in [0, 0.05) is 13.1 Å². The van der Waals surface area contributed by atoms with Crippen LogP contribution in [-0.2, 0) is 17.7 Å². The highest BCUT2D eigenvalue weighted by atomic mass is 35.5. The van der Waals surface area contributed by atoms with Gasteiger partial charge in [-0.1, -0.05) is 54.1 Å². The summed E-state index contributed by atoms with van der Waals surface area (Å²) in [6.45, 7) is 1.87. The van der Waals surface area contributed by atoms with Gasteiger partial charge in [0.1, 0.15) is 18.9 Å². The zero-order chi connectivity index (χ0) is 22.2. The van der Waals surface area contributed by atoms with E-state index in [1.54, 1.807) is 29.4 Å². The fourth-order valence-corrected chi connectivity index (χ4v) is 4.05. The van der Waals surface area contributed by atoms with Gasteiger partial charge in [0.25, 0.3) is 0 Å². The number of hydrogen-bond acceptors (Lipinski definition) is 5. The van der Waals surface area contributed by atoms with Crippen LogP contribution in [-0.4, -0.2) is 51.8 Å².